The molecular formula is C8H20O4P2. The summed E-state index contributed by atoms with van der Waals surface area (Å²) in [7, 11) is -6.30. The molecule has 3 unspecified atom stereocenters. The van der Waals surface area contributed by atoms with Crippen LogP contribution in [0.25, 0.3) is 0 Å². The Kier molecular flexibility index (Phi) is 5.07. The van der Waals surface area contributed by atoms with Gasteiger partial charge in [-0.05, 0) is 12.8 Å². The van der Waals surface area contributed by atoms with Crippen molar-refractivity contribution in [3.8, 4) is 0 Å². The van der Waals surface area contributed by atoms with Crippen molar-refractivity contribution >= 4 is 14.7 Å². The predicted molar refractivity (Wildman–Crippen MR) is 59.5 cm³/mol. The van der Waals surface area contributed by atoms with Gasteiger partial charge in [-0.15, -0.1) is 0 Å². The fraction of sp³-hybridized carbons (Fsp3) is 1.00. The average Bonchev–Trinajstić information content (AvgIpc) is 1.98. The first-order valence-corrected chi connectivity index (χ1v) is 8.90. The van der Waals surface area contributed by atoms with Crippen LogP contribution >= 0.6 is 14.7 Å². The van der Waals surface area contributed by atoms with Gasteiger partial charge in [-0.3, -0.25) is 9.13 Å². The average molecular weight is 242 g/mol. The lowest BCUT2D eigenvalue weighted by Crippen LogP contribution is -2.09. The van der Waals surface area contributed by atoms with Gasteiger partial charge in [-0.25, -0.2) is 0 Å². The maximum absolute atomic E-state index is 11.9. The van der Waals surface area contributed by atoms with E-state index in [0.717, 1.165) is 0 Å². The van der Waals surface area contributed by atoms with Crippen LogP contribution < -0.4 is 0 Å². The Labute approximate surface area is 86.0 Å². The summed E-state index contributed by atoms with van der Waals surface area (Å²) in [5.74, 6) is 0.269. The molecule has 0 amide bonds. The summed E-state index contributed by atoms with van der Waals surface area (Å²) in [5, 5.41) is -0.784. The summed E-state index contributed by atoms with van der Waals surface area (Å²) in [4.78, 5) is 9.29. The van der Waals surface area contributed by atoms with E-state index in [9.17, 15) is 14.0 Å². The van der Waals surface area contributed by atoms with Crippen LogP contribution in [0.4, 0.5) is 0 Å². The fourth-order valence-corrected chi connectivity index (χ4v) is 4.92. The molecule has 86 valence electrons. The molecule has 0 rings (SSSR count). The second-order valence-electron chi connectivity index (χ2n) is 4.17. The lowest BCUT2D eigenvalue weighted by atomic mass is 10.2. The van der Waals surface area contributed by atoms with Crippen LogP contribution in [0.1, 0.15) is 20.8 Å². The van der Waals surface area contributed by atoms with E-state index in [1.165, 1.54) is 20.3 Å². The molecule has 1 N–H and O–H groups in total. The van der Waals surface area contributed by atoms with Gasteiger partial charge < -0.3 is 9.42 Å². The van der Waals surface area contributed by atoms with Gasteiger partial charge in [0.15, 0.2) is 0 Å². The van der Waals surface area contributed by atoms with Crippen LogP contribution in [0.2, 0.25) is 0 Å². The van der Waals surface area contributed by atoms with Crippen molar-refractivity contribution < 1.29 is 18.5 Å². The molecule has 0 spiro atoms. The Balaban J connectivity index is 4.48. The number of rotatable bonds is 5. The minimum Gasteiger partial charge on any atom is -0.344 e. The van der Waals surface area contributed by atoms with E-state index < -0.39 is 20.1 Å². The third-order valence-electron chi connectivity index (χ3n) is 2.04. The van der Waals surface area contributed by atoms with Crippen molar-refractivity contribution in [3.05, 3.63) is 0 Å². The van der Waals surface area contributed by atoms with Crippen molar-refractivity contribution in [1.82, 2.24) is 0 Å². The van der Waals surface area contributed by atoms with E-state index >= 15 is 0 Å². The quantitative estimate of drug-likeness (QED) is 0.753. The van der Waals surface area contributed by atoms with Gasteiger partial charge in [0, 0.05) is 13.3 Å². The molecule has 14 heavy (non-hydrogen) atoms. The van der Waals surface area contributed by atoms with E-state index in [0.29, 0.717) is 6.61 Å². The van der Waals surface area contributed by atoms with Gasteiger partial charge in [0.05, 0.1) is 6.61 Å². The third-order valence-corrected chi connectivity index (χ3v) is 7.99. The molecule has 0 aromatic heterocycles. The normalized spacial score (nSPS) is 22.8. The van der Waals surface area contributed by atoms with Gasteiger partial charge in [-0.1, -0.05) is 13.8 Å². The second-order valence-corrected chi connectivity index (χ2v) is 10.1. The molecule has 0 saturated carbocycles. The summed E-state index contributed by atoms with van der Waals surface area (Å²) in [6, 6.07) is 0. The maximum atomic E-state index is 11.9. The van der Waals surface area contributed by atoms with Crippen molar-refractivity contribution in [2.75, 3.05) is 19.9 Å². The largest absolute Gasteiger partial charge is 0.344 e. The Morgan fingerprint density at radius 2 is 1.64 bits per heavy atom. The standard InChI is InChI=1S/C8H20O4P2/c1-7(2)6-12-14(5,11)8(3)13(4,9)10/h7-8H,6H2,1-5H3,(H,9,10). The molecule has 0 aliphatic carbocycles. The molecule has 3 atom stereocenters. The van der Waals surface area contributed by atoms with Gasteiger partial charge >= 0.3 is 0 Å². The molecule has 0 heterocycles. The first-order valence-electron chi connectivity index (χ1n) is 4.59. The summed E-state index contributed by atoms with van der Waals surface area (Å²) in [6.07, 6.45) is 0. The highest BCUT2D eigenvalue weighted by atomic mass is 31.2. The van der Waals surface area contributed by atoms with Crippen molar-refractivity contribution in [2.24, 2.45) is 5.92 Å². The van der Waals surface area contributed by atoms with Crippen molar-refractivity contribution in [2.45, 2.75) is 26.2 Å². The smallest absolute Gasteiger partial charge is 0.212 e. The maximum Gasteiger partial charge on any atom is 0.212 e. The highest BCUT2D eigenvalue weighted by molar-refractivity contribution is 7.76. The number of hydrogen-bond acceptors (Lipinski definition) is 3. The fourth-order valence-electron chi connectivity index (χ4n) is 0.794. The van der Waals surface area contributed by atoms with Crippen molar-refractivity contribution in [3.63, 3.8) is 0 Å². The first kappa shape index (κ1) is 14.4. The van der Waals surface area contributed by atoms with Crippen LogP contribution in [0.3, 0.4) is 0 Å². The molecule has 0 radical (unpaired) electrons. The van der Waals surface area contributed by atoms with Crippen LogP contribution in [0.5, 0.6) is 0 Å². The highest BCUT2D eigenvalue weighted by Gasteiger charge is 2.36. The second kappa shape index (κ2) is 4.94. The zero-order chi connectivity index (χ0) is 11.6. The van der Waals surface area contributed by atoms with Gasteiger partial charge in [0.25, 0.3) is 0 Å². The molecule has 0 bridgehead atoms. The van der Waals surface area contributed by atoms with Gasteiger partial charge in [0.1, 0.15) is 5.40 Å². The van der Waals surface area contributed by atoms with Crippen LogP contribution in [0, 0.1) is 5.92 Å². The van der Waals surface area contributed by atoms with E-state index in [4.69, 9.17) is 4.52 Å². The predicted octanol–water partition coefficient (Wildman–Crippen LogP) is 2.81. The zero-order valence-electron chi connectivity index (χ0n) is 9.43. The van der Waals surface area contributed by atoms with Crippen LogP contribution in [0.15, 0.2) is 0 Å². The molecule has 0 aromatic rings. The molecular weight excluding hydrogens is 222 g/mol. The zero-order valence-corrected chi connectivity index (χ0v) is 11.2. The van der Waals surface area contributed by atoms with E-state index in [2.05, 4.69) is 0 Å². The summed E-state index contributed by atoms with van der Waals surface area (Å²) >= 11 is 0. The van der Waals surface area contributed by atoms with Crippen LogP contribution in [-0.4, -0.2) is 30.2 Å². The monoisotopic (exact) mass is 242 g/mol. The van der Waals surface area contributed by atoms with E-state index in [1.54, 1.807) is 0 Å². The highest BCUT2D eigenvalue weighted by Crippen LogP contribution is 2.63. The third kappa shape index (κ3) is 4.75. The summed E-state index contributed by atoms with van der Waals surface area (Å²) in [6.45, 7) is 8.38. The first-order chi connectivity index (χ1) is 6.07. The Bertz CT molecular complexity index is 269. The molecule has 0 aromatic carbocycles. The summed E-state index contributed by atoms with van der Waals surface area (Å²) < 4.78 is 28.4. The van der Waals surface area contributed by atoms with Crippen molar-refractivity contribution in [1.29, 1.82) is 0 Å². The van der Waals surface area contributed by atoms with Gasteiger partial charge in [0.2, 0.25) is 14.7 Å². The number of hydrogen-bond donors (Lipinski definition) is 1. The van der Waals surface area contributed by atoms with E-state index in [1.807, 2.05) is 13.8 Å². The Morgan fingerprint density at radius 1 is 1.21 bits per heavy atom. The SMILES string of the molecule is CC(C)COP(C)(=O)C(C)P(C)(=O)O. The minimum atomic E-state index is -3.33. The molecule has 0 fully saturated rings. The Morgan fingerprint density at radius 3 is 1.93 bits per heavy atom. The topological polar surface area (TPSA) is 63.6 Å². The molecule has 0 aliphatic rings. The molecule has 0 aliphatic heterocycles. The van der Waals surface area contributed by atoms with Crippen LogP contribution in [-0.2, 0) is 13.7 Å². The lowest BCUT2D eigenvalue weighted by molar-refractivity contribution is 0.271. The van der Waals surface area contributed by atoms with E-state index in [-0.39, 0.29) is 5.92 Å². The Hall–Kier alpha value is 0.380. The molecule has 4 nitrogen and oxygen atoms in total. The molecule has 0 saturated heterocycles. The van der Waals surface area contributed by atoms with Gasteiger partial charge in [-0.2, -0.15) is 0 Å². The molecule has 6 heteroatoms. The lowest BCUT2D eigenvalue weighted by Gasteiger charge is -2.23. The minimum absolute atomic E-state index is 0.269. The summed E-state index contributed by atoms with van der Waals surface area (Å²) in [5.41, 5.74) is 0.